The molecule has 0 fully saturated rings. The zero-order chi connectivity index (χ0) is 42.1. The van der Waals surface area contributed by atoms with Gasteiger partial charge in [-0.05, 0) is 44.8 Å². The summed E-state index contributed by atoms with van der Waals surface area (Å²) in [5.74, 6) is 2.01. The van der Waals surface area contributed by atoms with Crippen molar-refractivity contribution in [2.45, 2.75) is 0 Å². The van der Waals surface area contributed by atoms with Crippen molar-refractivity contribution >= 4 is 178 Å². The Morgan fingerprint density at radius 3 is 1.30 bits per heavy atom. The maximum atomic E-state index is 5.41. The Hall–Kier alpha value is -5.52. The number of thiophene rings is 1. The van der Waals surface area contributed by atoms with Crippen LogP contribution < -0.4 is 60.1 Å². The smallest absolute Gasteiger partial charge is 0.164 e. The molecule has 0 N–H and O–H groups in total. The molecule has 2 heterocycles. The van der Waals surface area contributed by atoms with Gasteiger partial charge >= 0.3 is 0 Å². The number of hydrogen-bond acceptors (Lipinski definition) is 4. The Morgan fingerprint density at radius 1 is 0.283 bits per heavy atom. The van der Waals surface area contributed by atoms with Gasteiger partial charge in [0.2, 0.25) is 0 Å². The van der Waals surface area contributed by atoms with Crippen LogP contribution in [-0.4, -0.2) is 101 Å². The fraction of sp³-hybridized carbons (Fsp3) is 0. The van der Waals surface area contributed by atoms with E-state index in [0.29, 0.717) is 17.5 Å². The highest BCUT2D eigenvalue weighted by Crippen LogP contribution is 2.37. The third-order valence-electron chi connectivity index (χ3n) is 13.6. The van der Waals surface area contributed by atoms with Crippen LogP contribution in [0.2, 0.25) is 0 Å². The van der Waals surface area contributed by atoms with Crippen LogP contribution in [-0.2, 0) is 0 Å². The van der Waals surface area contributed by atoms with E-state index >= 15 is 0 Å². The molecule has 0 saturated heterocycles. The summed E-state index contributed by atoms with van der Waals surface area (Å²) in [5.41, 5.74) is 25.0. The molecule has 9 rings (SSSR count). The Kier molecular flexibility index (Phi) is 10.3. The van der Waals surface area contributed by atoms with E-state index in [9.17, 15) is 0 Å². The minimum Gasteiger partial charge on any atom is -0.208 e. The zero-order valence-corrected chi connectivity index (χ0v) is 37.5. The van der Waals surface area contributed by atoms with Gasteiger partial charge in [0.15, 0.2) is 17.5 Å². The molecular formula is C45H40B11N3S. The van der Waals surface area contributed by atoms with Gasteiger partial charge < -0.3 is 0 Å². The molecule has 60 heavy (non-hydrogen) atoms. The Bertz CT molecular complexity index is 3180. The first-order chi connectivity index (χ1) is 28.8. The highest BCUT2D eigenvalue weighted by molar-refractivity contribution is 7.28. The van der Waals surface area contributed by atoms with Crippen LogP contribution in [0.5, 0.6) is 0 Å². The van der Waals surface area contributed by atoms with E-state index in [4.69, 9.17) is 15.0 Å². The van der Waals surface area contributed by atoms with Crippen LogP contribution in [0.4, 0.5) is 0 Å². The fourth-order valence-corrected chi connectivity index (χ4v) is 10.8. The van der Waals surface area contributed by atoms with Gasteiger partial charge in [-0.25, -0.2) is 15.0 Å². The lowest BCUT2D eigenvalue weighted by atomic mass is 9.58. The summed E-state index contributed by atoms with van der Waals surface area (Å²) in [6.45, 7) is 0. The average molecular weight is 774 g/mol. The quantitative estimate of drug-likeness (QED) is 0.158. The number of benzene rings is 7. The Morgan fingerprint density at radius 2 is 0.683 bits per heavy atom. The molecule has 0 bridgehead atoms. The van der Waals surface area contributed by atoms with Crippen molar-refractivity contribution in [2.75, 3.05) is 0 Å². The first-order valence-electron chi connectivity index (χ1n) is 21.0. The molecule has 2 aromatic heterocycles. The van der Waals surface area contributed by atoms with E-state index in [1.54, 1.807) is 0 Å². The Labute approximate surface area is 367 Å². The van der Waals surface area contributed by atoms with Crippen molar-refractivity contribution in [2.24, 2.45) is 0 Å². The van der Waals surface area contributed by atoms with Crippen LogP contribution in [0, 0.1) is 0 Å². The second-order valence-electron chi connectivity index (χ2n) is 16.7. The predicted octanol–water partition coefficient (Wildman–Crippen LogP) is -6.92. The lowest BCUT2D eigenvalue weighted by molar-refractivity contribution is 1.08. The van der Waals surface area contributed by atoms with Crippen LogP contribution >= 0.6 is 11.3 Å². The molecule has 0 aliphatic carbocycles. The van der Waals surface area contributed by atoms with E-state index in [1.165, 1.54) is 97.0 Å². The monoisotopic (exact) mass is 775 g/mol. The van der Waals surface area contributed by atoms with E-state index in [0.717, 1.165) is 33.4 Å². The molecule has 0 spiro atoms. The normalized spacial score (nSPS) is 11.4. The first kappa shape index (κ1) is 39.9. The van der Waals surface area contributed by atoms with Crippen LogP contribution in [0.15, 0.2) is 109 Å². The number of aromatic nitrogens is 3. The molecule has 9 aromatic rings. The van der Waals surface area contributed by atoms with Gasteiger partial charge in [-0.1, -0.05) is 147 Å². The topological polar surface area (TPSA) is 38.7 Å². The number of fused-ring (bicyclic) bond motifs is 3. The van der Waals surface area contributed by atoms with Crippen molar-refractivity contribution in [3.8, 4) is 67.5 Å². The first-order valence-corrected chi connectivity index (χ1v) is 21.8. The second kappa shape index (κ2) is 15.5. The van der Waals surface area contributed by atoms with Gasteiger partial charge in [0.25, 0.3) is 0 Å². The maximum Gasteiger partial charge on any atom is 0.164 e. The summed E-state index contributed by atoms with van der Waals surface area (Å²) in [4.78, 5) is 16.0. The van der Waals surface area contributed by atoms with Crippen LogP contribution in [0.25, 0.3) is 87.7 Å². The highest BCUT2D eigenvalue weighted by Gasteiger charge is 2.26. The third-order valence-corrected chi connectivity index (χ3v) is 15.0. The lowest BCUT2D eigenvalue weighted by Crippen LogP contribution is -2.56. The molecule has 0 aliphatic rings. The van der Waals surface area contributed by atoms with Crippen molar-refractivity contribution in [1.82, 2.24) is 15.0 Å². The van der Waals surface area contributed by atoms with E-state index in [2.05, 4.69) is 196 Å². The number of nitrogens with zero attached hydrogens (tertiary/aromatic N) is 3. The summed E-state index contributed by atoms with van der Waals surface area (Å²) in [5, 5.41) is 2.67. The molecule has 7 aromatic carbocycles. The van der Waals surface area contributed by atoms with Gasteiger partial charge in [-0.15, -0.1) is 27.7 Å². The standard InChI is InChI=1S/C45H40B11N3S/c46-30-28-26-25(27-32(48)35(51)38(54)36(52)33(27)49)31(47)37(53)40(56)41(26)60-42(28)39(55)34(50)29(30)45-58-43(22-16-14-21(15-17-22)19-8-3-1-4-9-19)57-44(59-45)24-13-7-12-23(18-24)20-10-5-2-6-11-20/h1-18H,46-56H2. The molecule has 15 heteroatoms. The molecule has 274 valence electrons. The summed E-state index contributed by atoms with van der Waals surface area (Å²) < 4.78 is 2.71. The van der Waals surface area contributed by atoms with Crippen LogP contribution in [0.3, 0.4) is 0 Å². The third kappa shape index (κ3) is 6.48. The minimum absolute atomic E-state index is 0.659. The van der Waals surface area contributed by atoms with Crippen molar-refractivity contribution < 1.29 is 0 Å². The van der Waals surface area contributed by atoms with Crippen molar-refractivity contribution in [3.05, 3.63) is 109 Å². The van der Waals surface area contributed by atoms with E-state index in [-0.39, 0.29) is 0 Å². The molecule has 0 saturated carbocycles. The highest BCUT2D eigenvalue weighted by atomic mass is 32.1. The van der Waals surface area contributed by atoms with Crippen LogP contribution in [0.1, 0.15) is 0 Å². The number of rotatable bonds is 6. The van der Waals surface area contributed by atoms with E-state index < -0.39 is 0 Å². The summed E-state index contributed by atoms with van der Waals surface area (Å²) in [7, 11) is 25.3. The molecular weight excluding hydrogens is 734 g/mol. The van der Waals surface area contributed by atoms with Gasteiger partial charge in [0.05, 0.1) is 0 Å². The SMILES string of the molecule is Bc1c(B)c(B)c(-c2c(B)c(B)c(B)c3sc4c(B)c(B)c(-c5nc(-c6ccc(-c7ccccc7)cc6)nc(-c6cccc(-c7ccccc7)c6)n5)c(B)c4c23)c(B)c1B. The van der Waals surface area contributed by atoms with E-state index in [1.807, 2.05) is 11.3 Å². The maximum absolute atomic E-state index is 5.41. The molecule has 0 amide bonds. The molecule has 0 atom stereocenters. The Balaban J connectivity index is 1.34. The summed E-state index contributed by atoms with van der Waals surface area (Å²) >= 11 is 1.95. The molecule has 0 radical (unpaired) electrons. The largest absolute Gasteiger partial charge is 0.208 e. The zero-order valence-electron chi connectivity index (χ0n) is 36.6. The van der Waals surface area contributed by atoms with Crippen molar-refractivity contribution in [1.29, 1.82) is 0 Å². The van der Waals surface area contributed by atoms with Gasteiger partial charge in [-0.2, -0.15) is 0 Å². The second-order valence-corrected chi connectivity index (χ2v) is 17.7. The van der Waals surface area contributed by atoms with Gasteiger partial charge in [0, 0.05) is 31.5 Å². The average Bonchev–Trinajstić information content (AvgIpc) is 3.69. The molecule has 0 aliphatic heterocycles. The van der Waals surface area contributed by atoms with Gasteiger partial charge in [0.1, 0.15) is 86.3 Å². The fourth-order valence-electron chi connectivity index (χ4n) is 9.33. The molecule has 0 unspecified atom stereocenters. The summed E-state index contributed by atoms with van der Waals surface area (Å²) in [6, 6.07) is 38.2. The number of hydrogen-bond donors (Lipinski definition) is 0. The molecule has 3 nitrogen and oxygen atoms in total. The lowest BCUT2D eigenvalue weighted by Gasteiger charge is -2.25. The predicted molar refractivity (Wildman–Crippen MR) is 295 cm³/mol. The minimum atomic E-state index is 0.659. The summed E-state index contributed by atoms with van der Waals surface area (Å²) in [6.07, 6.45) is 0. The van der Waals surface area contributed by atoms with Crippen molar-refractivity contribution in [3.63, 3.8) is 0 Å². The van der Waals surface area contributed by atoms with Gasteiger partial charge in [-0.3, -0.25) is 0 Å².